The standard InChI is InChI=1S/C24H25F3O4/c1-3-5-18-11-10-17(14-30-18)15-6-8-16(9-7-15)24(28)31-20-13-12-19(29-4-2)21(22(20)25)23(26)27/h6-9,12-14,18,23H,3-5,10-11H2,1-2H3. The highest BCUT2D eigenvalue weighted by atomic mass is 19.3. The maximum Gasteiger partial charge on any atom is 0.343 e. The van der Waals surface area contributed by atoms with E-state index in [4.69, 9.17) is 14.2 Å². The number of halogens is 3. The van der Waals surface area contributed by atoms with Crippen molar-refractivity contribution in [3.05, 3.63) is 65.2 Å². The molecule has 0 aliphatic carbocycles. The molecule has 0 fully saturated rings. The van der Waals surface area contributed by atoms with Crippen LogP contribution in [0.1, 0.15) is 67.4 Å². The molecule has 0 saturated carbocycles. The predicted molar refractivity (Wildman–Crippen MR) is 111 cm³/mol. The molecule has 0 bridgehead atoms. The summed E-state index contributed by atoms with van der Waals surface area (Å²) in [6.45, 7) is 3.82. The zero-order valence-electron chi connectivity index (χ0n) is 17.5. The second kappa shape index (κ2) is 10.4. The molecule has 0 spiro atoms. The van der Waals surface area contributed by atoms with Gasteiger partial charge in [0.15, 0.2) is 11.6 Å². The van der Waals surface area contributed by atoms with Crippen molar-refractivity contribution in [2.24, 2.45) is 0 Å². The van der Waals surface area contributed by atoms with Crippen LogP contribution in [0.5, 0.6) is 11.5 Å². The van der Waals surface area contributed by atoms with E-state index in [2.05, 4.69) is 6.92 Å². The van der Waals surface area contributed by atoms with Gasteiger partial charge in [-0.15, -0.1) is 0 Å². The van der Waals surface area contributed by atoms with Gasteiger partial charge in [0, 0.05) is 0 Å². The van der Waals surface area contributed by atoms with Crippen molar-refractivity contribution in [2.75, 3.05) is 6.61 Å². The summed E-state index contributed by atoms with van der Waals surface area (Å²) in [5, 5.41) is 0. The molecule has 1 unspecified atom stereocenters. The van der Waals surface area contributed by atoms with Crippen LogP contribution in [-0.4, -0.2) is 18.7 Å². The molecular weight excluding hydrogens is 409 g/mol. The third-order valence-corrected chi connectivity index (χ3v) is 5.07. The van der Waals surface area contributed by atoms with Crippen molar-refractivity contribution < 1.29 is 32.2 Å². The van der Waals surface area contributed by atoms with E-state index in [9.17, 15) is 18.0 Å². The predicted octanol–water partition coefficient (Wildman–Crippen LogP) is 6.70. The molecule has 7 heteroatoms. The van der Waals surface area contributed by atoms with E-state index >= 15 is 0 Å². The lowest BCUT2D eigenvalue weighted by molar-refractivity contribution is 0.0723. The molecule has 1 heterocycles. The Morgan fingerprint density at radius 1 is 1.13 bits per heavy atom. The van der Waals surface area contributed by atoms with E-state index in [0.29, 0.717) is 0 Å². The second-order valence-electron chi connectivity index (χ2n) is 7.22. The van der Waals surface area contributed by atoms with Gasteiger partial charge in [-0.05, 0) is 61.6 Å². The van der Waals surface area contributed by atoms with Crippen molar-refractivity contribution in [1.29, 1.82) is 0 Å². The maximum absolute atomic E-state index is 14.5. The number of hydrogen-bond donors (Lipinski definition) is 0. The van der Waals surface area contributed by atoms with E-state index in [1.165, 1.54) is 6.07 Å². The van der Waals surface area contributed by atoms with E-state index in [0.717, 1.165) is 42.9 Å². The van der Waals surface area contributed by atoms with Gasteiger partial charge in [-0.2, -0.15) is 0 Å². The van der Waals surface area contributed by atoms with Crippen LogP contribution in [0.2, 0.25) is 0 Å². The molecule has 0 N–H and O–H groups in total. The van der Waals surface area contributed by atoms with Gasteiger partial charge in [0.1, 0.15) is 5.75 Å². The van der Waals surface area contributed by atoms with Crippen LogP contribution in [0.3, 0.4) is 0 Å². The average Bonchev–Trinajstić information content (AvgIpc) is 2.76. The van der Waals surface area contributed by atoms with Crippen LogP contribution in [-0.2, 0) is 4.74 Å². The number of allylic oxidation sites excluding steroid dienone is 1. The lowest BCUT2D eigenvalue weighted by Gasteiger charge is -2.23. The average molecular weight is 434 g/mol. The molecule has 3 rings (SSSR count). The van der Waals surface area contributed by atoms with Crippen molar-refractivity contribution in [1.82, 2.24) is 0 Å². The number of carbonyl (C=O) groups excluding carboxylic acids is 1. The van der Waals surface area contributed by atoms with Gasteiger partial charge in [0.25, 0.3) is 6.43 Å². The topological polar surface area (TPSA) is 44.8 Å². The SMILES string of the molecule is CCCC1CCC(c2ccc(C(=O)Oc3ccc(OCC)c(C(F)F)c3F)cc2)=CO1. The largest absolute Gasteiger partial charge is 0.498 e. The van der Waals surface area contributed by atoms with E-state index in [1.807, 2.05) is 0 Å². The Kier molecular flexibility index (Phi) is 7.60. The van der Waals surface area contributed by atoms with Crippen LogP contribution in [0.4, 0.5) is 13.2 Å². The summed E-state index contributed by atoms with van der Waals surface area (Å²) in [5.41, 5.74) is 1.20. The summed E-state index contributed by atoms with van der Waals surface area (Å²) < 4.78 is 56.9. The number of hydrogen-bond acceptors (Lipinski definition) is 4. The molecule has 1 atom stereocenters. The lowest BCUT2D eigenvalue weighted by atomic mass is 9.96. The molecular formula is C24H25F3O4. The Labute approximate surface area is 179 Å². The zero-order valence-corrected chi connectivity index (χ0v) is 17.5. The van der Waals surface area contributed by atoms with E-state index < -0.39 is 29.5 Å². The van der Waals surface area contributed by atoms with Gasteiger partial charge in [0.2, 0.25) is 0 Å². The number of benzene rings is 2. The molecule has 0 radical (unpaired) electrons. The quantitative estimate of drug-likeness (QED) is 0.343. The Hall–Kier alpha value is -2.96. The molecule has 1 aliphatic heterocycles. The highest BCUT2D eigenvalue weighted by molar-refractivity contribution is 5.91. The minimum Gasteiger partial charge on any atom is -0.498 e. The summed E-state index contributed by atoms with van der Waals surface area (Å²) in [7, 11) is 0. The maximum atomic E-state index is 14.5. The van der Waals surface area contributed by atoms with Crippen molar-refractivity contribution in [3.63, 3.8) is 0 Å². The lowest BCUT2D eigenvalue weighted by Crippen LogP contribution is -2.14. The summed E-state index contributed by atoms with van der Waals surface area (Å²) in [6, 6.07) is 8.89. The molecule has 0 aromatic heterocycles. The summed E-state index contributed by atoms with van der Waals surface area (Å²) in [5.74, 6) is -3.00. The molecule has 166 valence electrons. The number of carbonyl (C=O) groups is 1. The molecule has 2 aromatic carbocycles. The fraction of sp³-hybridized carbons (Fsp3) is 0.375. The first-order valence-corrected chi connectivity index (χ1v) is 10.3. The van der Waals surface area contributed by atoms with E-state index in [-0.39, 0.29) is 24.0 Å². The molecule has 0 saturated heterocycles. The van der Waals surface area contributed by atoms with Gasteiger partial charge >= 0.3 is 5.97 Å². The second-order valence-corrected chi connectivity index (χ2v) is 7.22. The first-order chi connectivity index (χ1) is 14.9. The Balaban J connectivity index is 1.72. The Morgan fingerprint density at radius 3 is 2.42 bits per heavy atom. The van der Waals surface area contributed by atoms with Crippen LogP contribution in [0, 0.1) is 5.82 Å². The van der Waals surface area contributed by atoms with Crippen molar-refractivity contribution in [3.8, 4) is 11.5 Å². The molecule has 1 aliphatic rings. The number of esters is 1. The highest BCUT2D eigenvalue weighted by Crippen LogP contribution is 2.36. The summed E-state index contributed by atoms with van der Waals surface area (Å²) in [4.78, 5) is 12.4. The van der Waals surface area contributed by atoms with Crippen LogP contribution < -0.4 is 9.47 Å². The monoisotopic (exact) mass is 434 g/mol. The fourth-order valence-corrected chi connectivity index (χ4v) is 3.47. The Bertz CT molecular complexity index is 939. The smallest absolute Gasteiger partial charge is 0.343 e. The van der Waals surface area contributed by atoms with Crippen molar-refractivity contribution >= 4 is 11.5 Å². The van der Waals surface area contributed by atoms with E-state index in [1.54, 1.807) is 37.5 Å². The van der Waals surface area contributed by atoms with Crippen LogP contribution in [0.25, 0.3) is 5.57 Å². The third kappa shape index (κ3) is 5.40. The van der Waals surface area contributed by atoms with Gasteiger partial charge in [-0.1, -0.05) is 25.5 Å². The van der Waals surface area contributed by atoms with Crippen LogP contribution in [0.15, 0.2) is 42.7 Å². The minimum atomic E-state index is -3.11. The highest BCUT2D eigenvalue weighted by Gasteiger charge is 2.25. The Morgan fingerprint density at radius 2 is 1.84 bits per heavy atom. The molecule has 4 nitrogen and oxygen atoms in total. The molecule has 2 aromatic rings. The number of alkyl halides is 2. The van der Waals surface area contributed by atoms with Gasteiger partial charge in [-0.3, -0.25) is 0 Å². The molecule has 0 amide bonds. The summed E-state index contributed by atoms with van der Waals surface area (Å²) in [6.07, 6.45) is 2.79. The van der Waals surface area contributed by atoms with Gasteiger partial charge in [-0.25, -0.2) is 18.0 Å². The molecule has 31 heavy (non-hydrogen) atoms. The number of rotatable bonds is 8. The third-order valence-electron chi connectivity index (χ3n) is 5.07. The first-order valence-electron chi connectivity index (χ1n) is 10.3. The minimum absolute atomic E-state index is 0.103. The van der Waals surface area contributed by atoms with Crippen molar-refractivity contribution in [2.45, 2.75) is 52.1 Å². The first kappa shape index (κ1) is 22.7. The normalized spacial score (nSPS) is 15.9. The van der Waals surface area contributed by atoms with Gasteiger partial charge in [0.05, 0.1) is 30.1 Å². The van der Waals surface area contributed by atoms with Crippen LogP contribution >= 0.6 is 0 Å². The summed E-state index contributed by atoms with van der Waals surface area (Å²) >= 11 is 0. The fourth-order valence-electron chi connectivity index (χ4n) is 3.47. The number of ether oxygens (including phenoxy) is 3. The van der Waals surface area contributed by atoms with Gasteiger partial charge < -0.3 is 14.2 Å². The zero-order chi connectivity index (χ0) is 22.4.